The number of nitrogens with one attached hydrogen (secondary N) is 1. The van der Waals surface area contributed by atoms with Gasteiger partial charge in [0, 0.05) is 22.2 Å². The summed E-state index contributed by atoms with van der Waals surface area (Å²) in [5, 5.41) is 14.3. The maximum Gasteiger partial charge on any atom is 0.692 e. The number of nitrogens with zero attached hydrogens (tertiary/aromatic N) is 1. The molecule has 0 bridgehead atoms. The molecule has 0 amide bonds. The van der Waals surface area contributed by atoms with Crippen molar-refractivity contribution in [1.29, 1.82) is 0 Å². The summed E-state index contributed by atoms with van der Waals surface area (Å²) >= 11 is 0. The second-order valence-electron chi connectivity index (χ2n) is 6.48. The fraction of sp³-hybridized carbons (Fsp3) is 0.294. The highest BCUT2D eigenvalue weighted by atomic mass is 31.1. The molecule has 9 heteroatoms. The molecule has 3 N–H and O–H groups in total. The average molecular weight is 381 g/mol. The lowest BCUT2D eigenvalue weighted by Crippen LogP contribution is -2.26. The van der Waals surface area contributed by atoms with Crippen LogP contribution in [0.15, 0.2) is 42.5 Å². The molecular formula is C17H22N2O6P+. The normalized spacial score (nSPS) is 10.4. The number of hydrogen-bond donors (Lipinski definition) is 3. The van der Waals surface area contributed by atoms with E-state index < -0.39 is 13.2 Å². The number of benzene rings is 2. The smallest absolute Gasteiger partial charge is 0.457 e. The van der Waals surface area contributed by atoms with Gasteiger partial charge in [-0.05, 0) is 45.9 Å². The number of nitro groups is 1. The summed E-state index contributed by atoms with van der Waals surface area (Å²) < 4.78 is 14.5. The Morgan fingerprint density at radius 1 is 1.08 bits per heavy atom. The summed E-state index contributed by atoms with van der Waals surface area (Å²) in [6.45, 7) is 7.85. The first-order valence-corrected chi connectivity index (χ1v) is 8.80. The summed E-state index contributed by atoms with van der Waals surface area (Å²) in [4.78, 5) is 25.0. The number of ether oxygens (including phenoxy) is 1. The van der Waals surface area contributed by atoms with E-state index in [1.54, 1.807) is 12.1 Å². The average Bonchev–Trinajstić information content (AvgIpc) is 2.47. The Morgan fingerprint density at radius 2 is 1.58 bits per heavy atom. The van der Waals surface area contributed by atoms with Crippen molar-refractivity contribution in [2.45, 2.75) is 33.2 Å². The second kappa shape index (κ2) is 9.24. The minimum atomic E-state index is -2.87. The summed E-state index contributed by atoms with van der Waals surface area (Å²) in [6, 6.07) is 12.4. The largest absolute Gasteiger partial charge is 0.692 e. The second-order valence-corrected chi connectivity index (χ2v) is 6.98. The zero-order chi connectivity index (χ0) is 19.9. The van der Waals surface area contributed by atoms with Gasteiger partial charge in [0.15, 0.2) is 0 Å². The van der Waals surface area contributed by atoms with E-state index in [2.05, 4.69) is 5.32 Å². The van der Waals surface area contributed by atoms with Crippen LogP contribution in [0.1, 0.15) is 26.3 Å². The standard InChI is InChI=1S/C17H20N2O3.HO3P/c1-12-5-7-13(8-6-12)22-14-9-10-16(19(20)21)15(11-14)18-17(2,3)4;1-4(2)3/h5-11,18H,1-4H3;(H-,1,2,3)/p+1. The van der Waals surface area contributed by atoms with Crippen molar-refractivity contribution in [3.63, 3.8) is 0 Å². The fourth-order valence-electron chi connectivity index (χ4n) is 1.98. The van der Waals surface area contributed by atoms with Crippen LogP contribution in [0.2, 0.25) is 0 Å². The molecule has 0 saturated carbocycles. The molecule has 0 radical (unpaired) electrons. The molecule has 0 aliphatic rings. The molecule has 0 unspecified atom stereocenters. The molecule has 2 aromatic carbocycles. The molecule has 2 aromatic rings. The number of rotatable bonds is 4. The highest BCUT2D eigenvalue weighted by Crippen LogP contribution is 2.33. The molecular weight excluding hydrogens is 359 g/mol. The molecule has 0 aliphatic heterocycles. The van der Waals surface area contributed by atoms with Gasteiger partial charge in [0.05, 0.1) is 4.92 Å². The van der Waals surface area contributed by atoms with Crippen LogP contribution in [0, 0.1) is 17.0 Å². The van der Waals surface area contributed by atoms with E-state index in [1.165, 1.54) is 6.07 Å². The summed E-state index contributed by atoms with van der Waals surface area (Å²) in [7, 11) is -2.87. The molecule has 0 atom stereocenters. The lowest BCUT2D eigenvalue weighted by atomic mass is 10.1. The van der Waals surface area contributed by atoms with Gasteiger partial charge < -0.3 is 10.1 Å². The van der Waals surface area contributed by atoms with Gasteiger partial charge in [-0.25, -0.2) is 0 Å². The van der Waals surface area contributed by atoms with E-state index in [-0.39, 0.29) is 11.2 Å². The predicted molar refractivity (Wildman–Crippen MR) is 99.8 cm³/mol. The van der Waals surface area contributed by atoms with Crippen LogP contribution in [-0.2, 0) is 4.57 Å². The SMILES string of the molecule is Cc1ccc(Oc2ccc([N+](=O)[O-])c(NC(C)(C)C)c2)cc1.O=[P+](O)O. The minimum Gasteiger partial charge on any atom is -0.457 e. The summed E-state index contributed by atoms with van der Waals surface area (Å²) in [6.07, 6.45) is 0. The Balaban J connectivity index is 0.000000765. The molecule has 8 nitrogen and oxygen atoms in total. The zero-order valence-corrected chi connectivity index (χ0v) is 15.9. The lowest BCUT2D eigenvalue weighted by molar-refractivity contribution is -0.384. The van der Waals surface area contributed by atoms with Gasteiger partial charge in [-0.1, -0.05) is 17.7 Å². The van der Waals surface area contributed by atoms with Crippen LogP contribution in [-0.4, -0.2) is 20.2 Å². The van der Waals surface area contributed by atoms with Crippen LogP contribution in [0.5, 0.6) is 11.5 Å². The van der Waals surface area contributed by atoms with Crippen molar-refractivity contribution in [2.24, 2.45) is 0 Å². The summed E-state index contributed by atoms with van der Waals surface area (Å²) in [5.74, 6) is 1.25. The van der Waals surface area contributed by atoms with Crippen molar-refractivity contribution in [3.8, 4) is 11.5 Å². The molecule has 0 saturated heterocycles. The topological polar surface area (TPSA) is 122 Å². The Morgan fingerprint density at radius 3 is 2.04 bits per heavy atom. The van der Waals surface area contributed by atoms with Crippen LogP contribution >= 0.6 is 8.25 Å². The van der Waals surface area contributed by atoms with Crippen LogP contribution in [0.4, 0.5) is 11.4 Å². The first-order chi connectivity index (χ1) is 12.0. The molecule has 26 heavy (non-hydrogen) atoms. The Kier molecular flexibility index (Phi) is 7.64. The van der Waals surface area contributed by atoms with Crippen LogP contribution in [0.25, 0.3) is 0 Å². The van der Waals surface area contributed by atoms with E-state index in [1.807, 2.05) is 52.0 Å². The molecule has 0 heterocycles. The number of nitro benzene ring substituents is 1. The molecule has 0 aromatic heterocycles. The number of hydrogen-bond acceptors (Lipinski definition) is 5. The first kappa shape index (κ1) is 21.5. The van der Waals surface area contributed by atoms with E-state index >= 15 is 0 Å². The van der Waals surface area contributed by atoms with Crippen molar-refractivity contribution in [1.82, 2.24) is 0 Å². The molecule has 0 aliphatic carbocycles. The van der Waals surface area contributed by atoms with Gasteiger partial charge in [-0.3, -0.25) is 10.1 Å². The first-order valence-electron chi connectivity index (χ1n) is 7.64. The van der Waals surface area contributed by atoms with E-state index in [0.717, 1.165) is 5.56 Å². The number of anilines is 1. The van der Waals surface area contributed by atoms with Crippen molar-refractivity contribution < 1.29 is 24.0 Å². The zero-order valence-electron chi connectivity index (χ0n) is 15.0. The quantitative estimate of drug-likeness (QED) is 0.404. The van der Waals surface area contributed by atoms with Crippen molar-refractivity contribution in [2.75, 3.05) is 5.32 Å². The van der Waals surface area contributed by atoms with Gasteiger partial charge in [0.25, 0.3) is 5.69 Å². The molecule has 0 spiro atoms. The molecule has 140 valence electrons. The number of aryl methyl sites for hydroxylation is 1. The Bertz CT molecular complexity index is 768. The lowest BCUT2D eigenvalue weighted by Gasteiger charge is -2.22. The third-order valence-electron chi connectivity index (χ3n) is 2.93. The highest BCUT2D eigenvalue weighted by molar-refractivity contribution is 7.30. The van der Waals surface area contributed by atoms with E-state index in [9.17, 15) is 10.1 Å². The molecule has 0 fully saturated rings. The van der Waals surface area contributed by atoms with Gasteiger partial charge in [-0.2, -0.15) is 0 Å². The highest BCUT2D eigenvalue weighted by Gasteiger charge is 2.19. The summed E-state index contributed by atoms with van der Waals surface area (Å²) in [5.41, 5.74) is 1.34. The molecule has 2 rings (SSSR count). The minimum absolute atomic E-state index is 0.0335. The Hall–Kier alpha value is -2.54. The van der Waals surface area contributed by atoms with Crippen LogP contribution < -0.4 is 10.1 Å². The van der Waals surface area contributed by atoms with Gasteiger partial charge >= 0.3 is 8.25 Å². The maximum absolute atomic E-state index is 11.1. The van der Waals surface area contributed by atoms with E-state index in [4.69, 9.17) is 19.1 Å². The predicted octanol–water partition coefficient (Wildman–Crippen LogP) is 4.53. The monoisotopic (exact) mass is 381 g/mol. The third-order valence-corrected chi connectivity index (χ3v) is 2.93. The van der Waals surface area contributed by atoms with Gasteiger partial charge in [-0.15, -0.1) is 9.79 Å². The van der Waals surface area contributed by atoms with Crippen molar-refractivity contribution in [3.05, 3.63) is 58.1 Å². The maximum atomic E-state index is 11.1. The van der Waals surface area contributed by atoms with Gasteiger partial charge in [0.2, 0.25) is 0 Å². The van der Waals surface area contributed by atoms with Crippen LogP contribution in [0.3, 0.4) is 0 Å². The van der Waals surface area contributed by atoms with Gasteiger partial charge in [0.1, 0.15) is 17.2 Å². The van der Waals surface area contributed by atoms with Crippen molar-refractivity contribution >= 4 is 19.6 Å². The fourth-order valence-corrected chi connectivity index (χ4v) is 1.98. The third kappa shape index (κ3) is 8.02. The van der Waals surface area contributed by atoms with E-state index in [0.29, 0.717) is 17.2 Å². The Labute approximate surface area is 152 Å².